The fourth-order valence-electron chi connectivity index (χ4n) is 2.75. The maximum Gasteiger partial charge on any atom is 0.429 e. The van der Waals surface area contributed by atoms with Crippen molar-refractivity contribution in [2.24, 2.45) is 0 Å². The molecule has 0 saturated heterocycles. The van der Waals surface area contributed by atoms with Gasteiger partial charge in [-0.25, -0.2) is 9.78 Å². The maximum absolute atomic E-state index is 13.2. The number of carbonyl (C=O) groups is 1. The molecule has 38 heavy (non-hydrogen) atoms. The molecule has 0 saturated carbocycles. The van der Waals surface area contributed by atoms with Gasteiger partial charge in [0.05, 0.1) is 24.8 Å². The lowest BCUT2D eigenvalue weighted by Gasteiger charge is -2.26. The van der Waals surface area contributed by atoms with Crippen LogP contribution in [0.5, 0.6) is 17.4 Å². The van der Waals surface area contributed by atoms with Crippen LogP contribution in [0.1, 0.15) is 25.3 Å². The number of pyridine rings is 1. The molecule has 0 bridgehead atoms. The van der Waals surface area contributed by atoms with Crippen LogP contribution in [0.25, 0.3) is 0 Å². The number of nitrogens with one attached hydrogen (secondary N) is 1. The molecule has 1 aromatic carbocycles. The molecule has 1 aromatic heterocycles. The van der Waals surface area contributed by atoms with Gasteiger partial charge in [-0.15, -0.1) is 0 Å². The smallest absolute Gasteiger partial charge is 0.429 e. The van der Waals surface area contributed by atoms with Crippen LogP contribution in [-0.4, -0.2) is 53.0 Å². The fourth-order valence-corrected chi connectivity index (χ4v) is 4.12. The quantitative estimate of drug-likeness (QED) is 0.335. The SMILES string of the molecule is CCCOC(=O)N(c1c(OCCOC)cccc1Oc1ncc(C(F)(F)F)cc1Cl)S(=O)(=O)NCCC#N. The van der Waals surface area contributed by atoms with Crippen molar-refractivity contribution in [3.8, 4) is 23.4 Å². The lowest BCUT2D eigenvalue weighted by atomic mass is 10.2. The Morgan fingerprint density at radius 1 is 1.24 bits per heavy atom. The van der Waals surface area contributed by atoms with Crippen molar-refractivity contribution in [2.75, 3.05) is 37.8 Å². The number of para-hydroxylation sites is 1. The lowest BCUT2D eigenvalue weighted by Crippen LogP contribution is -2.45. The molecule has 0 atom stereocenters. The summed E-state index contributed by atoms with van der Waals surface area (Å²) in [6.07, 6.45) is -5.43. The third-order valence-corrected chi connectivity index (χ3v) is 6.06. The van der Waals surface area contributed by atoms with Gasteiger partial charge in [0.25, 0.3) is 0 Å². The Bertz CT molecular complexity index is 1260. The van der Waals surface area contributed by atoms with Crippen molar-refractivity contribution in [3.05, 3.63) is 41.0 Å². The van der Waals surface area contributed by atoms with E-state index in [2.05, 4.69) is 9.71 Å². The minimum atomic E-state index is -4.72. The summed E-state index contributed by atoms with van der Waals surface area (Å²) in [4.78, 5) is 16.6. The molecule has 16 heteroatoms. The van der Waals surface area contributed by atoms with Gasteiger partial charge in [0, 0.05) is 26.3 Å². The van der Waals surface area contributed by atoms with Gasteiger partial charge in [-0.05, 0) is 24.6 Å². The monoisotopic (exact) mass is 580 g/mol. The first kappa shape index (κ1) is 30.9. The number of hydrogen-bond acceptors (Lipinski definition) is 9. The molecule has 208 valence electrons. The summed E-state index contributed by atoms with van der Waals surface area (Å²) < 4.78 is 89.1. The third-order valence-electron chi connectivity index (χ3n) is 4.41. The second kappa shape index (κ2) is 14.0. The number of rotatable bonds is 13. The highest BCUT2D eigenvalue weighted by molar-refractivity contribution is 7.91. The van der Waals surface area contributed by atoms with Gasteiger partial charge in [-0.3, -0.25) is 0 Å². The van der Waals surface area contributed by atoms with E-state index in [-0.39, 0.29) is 48.6 Å². The molecule has 1 amide bonds. The molecular formula is C22H24ClF3N4O7S. The maximum atomic E-state index is 13.2. The Labute approximate surface area is 222 Å². The number of methoxy groups -OCH3 is 1. The molecule has 1 N–H and O–H groups in total. The predicted octanol–water partition coefficient (Wildman–Crippen LogP) is 4.67. The fraction of sp³-hybridized carbons (Fsp3) is 0.409. The minimum Gasteiger partial charge on any atom is -0.489 e. The summed E-state index contributed by atoms with van der Waals surface area (Å²) in [6, 6.07) is 6.27. The van der Waals surface area contributed by atoms with Gasteiger partial charge in [-0.2, -0.15) is 35.9 Å². The molecule has 0 aliphatic carbocycles. The molecule has 0 fully saturated rings. The van der Waals surface area contributed by atoms with Crippen LogP contribution < -0.4 is 18.5 Å². The largest absolute Gasteiger partial charge is 0.489 e. The first-order valence-electron chi connectivity index (χ1n) is 10.9. The van der Waals surface area contributed by atoms with Crippen molar-refractivity contribution in [3.63, 3.8) is 0 Å². The summed E-state index contributed by atoms with van der Waals surface area (Å²) in [7, 11) is -3.31. The van der Waals surface area contributed by atoms with Gasteiger partial charge in [-0.1, -0.05) is 24.6 Å². The number of carbonyl (C=O) groups excluding carboxylic acids is 1. The highest BCUT2D eigenvalue weighted by atomic mass is 35.5. The molecule has 0 aliphatic heterocycles. The van der Waals surface area contributed by atoms with E-state index in [1.807, 2.05) is 0 Å². The van der Waals surface area contributed by atoms with E-state index in [1.165, 1.54) is 25.3 Å². The zero-order valence-corrected chi connectivity index (χ0v) is 21.8. The summed E-state index contributed by atoms with van der Waals surface area (Å²) in [6.45, 7) is 1.21. The summed E-state index contributed by atoms with van der Waals surface area (Å²) >= 11 is 5.96. The normalized spacial score (nSPS) is 11.5. The number of ether oxygens (including phenoxy) is 4. The number of benzene rings is 1. The van der Waals surface area contributed by atoms with Gasteiger partial charge >= 0.3 is 22.5 Å². The number of aromatic nitrogens is 1. The number of anilines is 1. The average molecular weight is 581 g/mol. The molecule has 0 spiro atoms. The molecule has 2 aromatic rings. The lowest BCUT2D eigenvalue weighted by molar-refractivity contribution is -0.137. The van der Waals surface area contributed by atoms with Crippen LogP contribution in [0, 0.1) is 11.3 Å². The van der Waals surface area contributed by atoms with E-state index in [0.717, 1.165) is 0 Å². The van der Waals surface area contributed by atoms with Crippen LogP contribution >= 0.6 is 11.6 Å². The van der Waals surface area contributed by atoms with Crippen LogP contribution in [0.2, 0.25) is 5.02 Å². The number of halogens is 4. The van der Waals surface area contributed by atoms with Crippen LogP contribution in [0.15, 0.2) is 30.5 Å². The summed E-state index contributed by atoms with van der Waals surface area (Å²) in [5.74, 6) is -1.05. The van der Waals surface area contributed by atoms with E-state index < -0.39 is 44.6 Å². The van der Waals surface area contributed by atoms with Crippen LogP contribution in [-0.2, 0) is 25.9 Å². The van der Waals surface area contributed by atoms with E-state index >= 15 is 0 Å². The topological polar surface area (TPSA) is 140 Å². The molecule has 0 aliphatic rings. The van der Waals surface area contributed by atoms with E-state index in [9.17, 15) is 26.4 Å². The van der Waals surface area contributed by atoms with Gasteiger partial charge in [0.2, 0.25) is 5.88 Å². The van der Waals surface area contributed by atoms with Gasteiger partial charge in [0.15, 0.2) is 5.75 Å². The Morgan fingerprint density at radius 3 is 2.55 bits per heavy atom. The number of nitriles is 1. The molecular weight excluding hydrogens is 557 g/mol. The molecule has 0 unspecified atom stereocenters. The van der Waals surface area contributed by atoms with Gasteiger partial charge < -0.3 is 18.9 Å². The average Bonchev–Trinajstić information content (AvgIpc) is 2.85. The van der Waals surface area contributed by atoms with Crippen molar-refractivity contribution in [1.29, 1.82) is 5.26 Å². The summed E-state index contributed by atoms with van der Waals surface area (Å²) in [5.41, 5.74) is -1.62. The zero-order valence-electron chi connectivity index (χ0n) is 20.2. The van der Waals surface area contributed by atoms with E-state index in [1.54, 1.807) is 13.0 Å². The van der Waals surface area contributed by atoms with Crippen molar-refractivity contribution < 1.29 is 45.3 Å². The molecule has 11 nitrogen and oxygen atoms in total. The second-order valence-corrected chi connectivity index (χ2v) is 9.25. The van der Waals surface area contributed by atoms with Crippen LogP contribution in [0.4, 0.5) is 23.7 Å². The number of alkyl halides is 3. The Balaban J connectivity index is 2.68. The molecule has 2 rings (SSSR count). The van der Waals surface area contributed by atoms with Gasteiger partial charge in [0.1, 0.15) is 23.1 Å². The number of amides is 1. The Hall–Kier alpha value is -3.32. The highest BCUT2D eigenvalue weighted by Gasteiger charge is 2.37. The highest BCUT2D eigenvalue weighted by Crippen LogP contribution is 2.43. The van der Waals surface area contributed by atoms with Crippen LogP contribution in [0.3, 0.4) is 0 Å². The molecule has 0 radical (unpaired) electrons. The summed E-state index contributed by atoms with van der Waals surface area (Å²) in [5, 5.41) is 8.25. The standard InChI is InChI=1S/C22H24ClF3N4O7S/c1-3-10-36-21(31)30(38(32,33)29-9-5-8-27)19-17(35-12-11-34-2)6-4-7-18(19)37-20-16(23)13-15(14-28-20)22(24,25)26/h4,6-7,13-14,29H,3,5,9-12H2,1-2H3. The molecule has 1 heterocycles. The minimum absolute atomic E-state index is 0.0774. The predicted molar refractivity (Wildman–Crippen MR) is 129 cm³/mol. The first-order chi connectivity index (χ1) is 18.0. The first-order valence-corrected chi connectivity index (χ1v) is 12.8. The zero-order chi connectivity index (χ0) is 28.3. The second-order valence-electron chi connectivity index (χ2n) is 7.24. The van der Waals surface area contributed by atoms with Crippen molar-refractivity contribution >= 4 is 33.6 Å². The third kappa shape index (κ3) is 8.35. The van der Waals surface area contributed by atoms with E-state index in [4.69, 9.17) is 35.8 Å². The Kier molecular flexibility index (Phi) is 11.4. The van der Waals surface area contributed by atoms with Crippen molar-refractivity contribution in [1.82, 2.24) is 9.71 Å². The van der Waals surface area contributed by atoms with Crippen molar-refractivity contribution in [2.45, 2.75) is 25.9 Å². The van der Waals surface area contributed by atoms with E-state index in [0.29, 0.717) is 18.7 Å². The Morgan fingerprint density at radius 2 is 1.95 bits per heavy atom. The number of nitrogens with zero attached hydrogens (tertiary/aromatic N) is 3. The number of hydrogen-bond donors (Lipinski definition) is 1.